The van der Waals surface area contributed by atoms with E-state index in [0.717, 1.165) is 57.3 Å². The van der Waals surface area contributed by atoms with Crippen LogP contribution in [0.4, 0.5) is 18.3 Å². The molecule has 0 unspecified atom stereocenters. The maximum absolute atomic E-state index is 12.8. The first kappa shape index (κ1) is 20.8. The summed E-state index contributed by atoms with van der Waals surface area (Å²) >= 11 is 1.49. The number of rotatable bonds is 5. The lowest BCUT2D eigenvalue weighted by Crippen LogP contribution is -2.21. The van der Waals surface area contributed by atoms with Crippen LogP contribution in [-0.4, -0.2) is 34.8 Å². The molecular formula is C23H20F3N5S. The fourth-order valence-electron chi connectivity index (χ4n) is 4.10. The largest absolute Gasteiger partial charge is 0.416 e. The van der Waals surface area contributed by atoms with E-state index in [0.29, 0.717) is 6.54 Å². The molecule has 1 saturated heterocycles. The predicted octanol–water partition coefficient (Wildman–Crippen LogP) is 5.19. The van der Waals surface area contributed by atoms with E-state index < -0.39 is 11.7 Å². The van der Waals surface area contributed by atoms with Gasteiger partial charge in [0.1, 0.15) is 5.01 Å². The van der Waals surface area contributed by atoms with Crippen LogP contribution in [0.25, 0.3) is 21.3 Å². The Morgan fingerprint density at radius 2 is 1.84 bits per heavy atom. The Kier molecular flexibility index (Phi) is 5.52. The van der Waals surface area contributed by atoms with Crippen LogP contribution in [-0.2, 0) is 6.18 Å². The summed E-state index contributed by atoms with van der Waals surface area (Å²) in [6, 6.07) is 13.6. The van der Waals surface area contributed by atoms with Gasteiger partial charge in [-0.25, -0.2) is 0 Å². The molecule has 5 nitrogen and oxygen atoms in total. The van der Waals surface area contributed by atoms with Crippen molar-refractivity contribution >= 4 is 27.2 Å². The van der Waals surface area contributed by atoms with E-state index in [1.165, 1.54) is 11.3 Å². The van der Waals surface area contributed by atoms with Gasteiger partial charge in [0.05, 0.1) is 5.56 Å². The molecule has 0 spiro atoms. The van der Waals surface area contributed by atoms with Crippen molar-refractivity contribution in [2.75, 3.05) is 25.0 Å². The summed E-state index contributed by atoms with van der Waals surface area (Å²) in [4.78, 5) is 4.13. The summed E-state index contributed by atoms with van der Waals surface area (Å²) in [5.41, 5.74) is 1.30. The van der Waals surface area contributed by atoms with E-state index in [4.69, 9.17) is 0 Å². The minimum absolute atomic E-state index is 0.145. The normalized spacial score (nSPS) is 18.8. The summed E-state index contributed by atoms with van der Waals surface area (Å²) in [6.07, 6.45) is -0.721. The zero-order chi connectivity index (χ0) is 22.1. The average molecular weight is 456 g/mol. The number of alkyl halides is 3. The van der Waals surface area contributed by atoms with Gasteiger partial charge in [0.2, 0.25) is 5.13 Å². The molecule has 3 heterocycles. The molecule has 1 aliphatic heterocycles. The van der Waals surface area contributed by atoms with Gasteiger partial charge in [0.25, 0.3) is 0 Å². The second-order valence-corrected chi connectivity index (χ2v) is 8.85. The Morgan fingerprint density at radius 1 is 1.00 bits per heavy atom. The molecule has 5 rings (SSSR count). The van der Waals surface area contributed by atoms with Gasteiger partial charge in [-0.2, -0.15) is 13.2 Å². The Hall–Kier alpha value is -3.04. The Labute approximate surface area is 186 Å². The quantitative estimate of drug-likeness (QED) is 0.434. The van der Waals surface area contributed by atoms with Gasteiger partial charge < -0.3 is 10.6 Å². The van der Waals surface area contributed by atoms with Crippen LogP contribution in [0.2, 0.25) is 0 Å². The zero-order valence-electron chi connectivity index (χ0n) is 16.9. The number of aromatic nitrogens is 3. The average Bonchev–Trinajstić information content (AvgIpc) is 3.46. The molecule has 32 heavy (non-hydrogen) atoms. The van der Waals surface area contributed by atoms with Crippen molar-refractivity contribution in [2.45, 2.75) is 12.1 Å². The highest BCUT2D eigenvalue weighted by Crippen LogP contribution is 2.34. The summed E-state index contributed by atoms with van der Waals surface area (Å²) < 4.78 is 38.5. The number of nitrogens with zero attached hydrogens (tertiary/aromatic N) is 3. The lowest BCUT2D eigenvalue weighted by molar-refractivity contribution is -0.137. The number of hydrogen-bond donors (Lipinski definition) is 2. The fraction of sp³-hybridized carbons (Fsp3) is 0.261. The van der Waals surface area contributed by atoms with E-state index in [-0.39, 0.29) is 11.8 Å². The van der Waals surface area contributed by atoms with Gasteiger partial charge in [-0.3, -0.25) is 4.98 Å². The van der Waals surface area contributed by atoms with Crippen LogP contribution in [0.3, 0.4) is 0 Å². The Balaban J connectivity index is 1.26. The smallest absolute Gasteiger partial charge is 0.360 e. The third-order valence-electron chi connectivity index (χ3n) is 5.83. The van der Waals surface area contributed by atoms with Crippen LogP contribution in [0, 0.1) is 5.92 Å². The van der Waals surface area contributed by atoms with E-state index in [9.17, 15) is 13.2 Å². The molecule has 0 bridgehead atoms. The van der Waals surface area contributed by atoms with Crippen LogP contribution >= 0.6 is 11.3 Å². The molecule has 0 saturated carbocycles. The highest BCUT2D eigenvalue weighted by Gasteiger charge is 2.32. The standard InChI is InChI=1S/C23H20F3N5S/c24-23(25,26)19-5-3-14(4-6-19)20-13-28-11-18(20)12-29-22-31-30-21(32-22)16-1-2-17-10-27-8-7-15(17)9-16/h1-10,18,20,28H,11-13H2,(H,29,31)/t18-,20-/m0/s1. The minimum Gasteiger partial charge on any atom is -0.360 e. The molecule has 164 valence electrons. The van der Waals surface area contributed by atoms with E-state index in [1.807, 2.05) is 24.4 Å². The SMILES string of the molecule is FC(F)(F)c1ccc([C@@H]2CNC[C@H]2CNc2nnc(-c3ccc4cnccc4c3)s2)cc1. The van der Waals surface area contributed by atoms with E-state index >= 15 is 0 Å². The van der Waals surface area contributed by atoms with Gasteiger partial charge in [-0.1, -0.05) is 35.6 Å². The first-order valence-corrected chi connectivity index (χ1v) is 11.1. The third kappa shape index (κ3) is 4.31. The summed E-state index contributed by atoms with van der Waals surface area (Å²) in [5, 5.41) is 19.0. The molecular weight excluding hydrogens is 435 g/mol. The van der Waals surface area contributed by atoms with Gasteiger partial charge in [0, 0.05) is 48.9 Å². The summed E-state index contributed by atoms with van der Waals surface area (Å²) in [5.74, 6) is 0.388. The molecule has 1 fully saturated rings. The Bertz CT molecular complexity index is 1220. The molecule has 2 N–H and O–H groups in total. The molecule has 2 aromatic heterocycles. The molecule has 0 amide bonds. The molecule has 4 aromatic rings. The minimum atomic E-state index is -4.31. The number of halogens is 3. The van der Waals surface area contributed by atoms with Gasteiger partial charge in [-0.15, -0.1) is 10.2 Å². The molecule has 2 atom stereocenters. The lowest BCUT2D eigenvalue weighted by Gasteiger charge is -2.19. The summed E-state index contributed by atoms with van der Waals surface area (Å²) in [7, 11) is 0. The third-order valence-corrected chi connectivity index (χ3v) is 6.76. The number of pyridine rings is 1. The summed E-state index contributed by atoms with van der Waals surface area (Å²) in [6.45, 7) is 2.20. The number of anilines is 1. The lowest BCUT2D eigenvalue weighted by atomic mass is 9.88. The highest BCUT2D eigenvalue weighted by atomic mass is 32.1. The van der Waals surface area contributed by atoms with Crippen molar-refractivity contribution in [1.29, 1.82) is 0 Å². The number of hydrogen-bond acceptors (Lipinski definition) is 6. The van der Waals surface area contributed by atoms with Crippen LogP contribution < -0.4 is 10.6 Å². The maximum Gasteiger partial charge on any atom is 0.416 e. The van der Waals surface area contributed by atoms with Crippen molar-refractivity contribution in [2.24, 2.45) is 5.92 Å². The number of benzene rings is 2. The topological polar surface area (TPSA) is 62.7 Å². The van der Waals surface area contributed by atoms with Crippen molar-refractivity contribution in [1.82, 2.24) is 20.5 Å². The van der Waals surface area contributed by atoms with Gasteiger partial charge >= 0.3 is 6.18 Å². The second kappa shape index (κ2) is 8.48. The number of fused-ring (bicyclic) bond motifs is 1. The molecule has 2 aromatic carbocycles. The van der Waals surface area contributed by atoms with Crippen molar-refractivity contribution in [3.05, 3.63) is 72.1 Å². The predicted molar refractivity (Wildman–Crippen MR) is 120 cm³/mol. The Morgan fingerprint density at radius 3 is 2.66 bits per heavy atom. The monoisotopic (exact) mass is 455 g/mol. The first-order valence-electron chi connectivity index (χ1n) is 10.3. The molecule has 1 aliphatic rings. The van der Waals surface area contributed by atoms with Crippen molar-refractivity contribution < 1.29 is 13.2 Å². The molecule has 0 radical (unpaired) electrons. The number of nitrogens with one attached hydrogen (secondary N) is 2. The molecule has 9 heteroatoms. The second-order valence-electron chi connectivity index (χ2n) is 7.88. The van der Waals surface area contributed by atoms with Crippen LogP contribution in [0.15, 0.2) is 60.9 Å². The van der Waals surface area contributed by atoms with Crippen molar-refractivity contribution in [3.63, 3.8) is 0 Å². The van der Waals surface area contributed by atoms with Crippen LogP contribution in [0.1, 0.15) is 17.0 Å². The van der Waals surface area contributed by atoms with E-state index in [1.54, 1.807) is 18.3 Å². The van der Waals surface area contributed by atoms with Gasteiger partial charge in [-0.05, 0) is 41.1 Å². The highest BCUT2D eigenvalue weighted by molar-refractivity contribution is 7.18. The van der Waals surface area contributed by atoms with Crippen molar-refractivity contribution in [3.8, 4) is 10.6 Å². The van der Waals surface area contributed by atoms with Gasteiger partial charge in [0.15, 0.2) is 0 Å². The fourth-order valence-corrected chi connectivity index (χ4v) is 4.85. The maximum atomic E-state index is 12.8. The van der Waals surface area contributed by atoms with Crippen LogP contribution in [0.5, 0.6) is 0 Å². The molecule has 0 aliphatic carbocycles. The first-order chi connectivity index (χ1) is 15.5. The zero-order valence-corrected chi connectivity index (χ0v) is 17.7. The van der Waals surface area contributed by atoms with E-state index in [2.05, 4.69) is 31.9 Å².